The molecule has 0 bridgehead atoms. The fourth-order valence-electron chi connectivity index (χ4n) is 1.91. The topological polar surface area (TPSA) is 68.3 Å². The predicted molar refractivity (Wildman–Crippen MR) is 79.1 cm³/mol. The van der Waals surface area contributed by atoms with Crippen molar-refractivity contribution in [1.29, 1.82) is 0 Å². The van der Waals surface area contributed by atoms with Crippen molar-refractivity contribution in [2.24, 2.45) is 0 Å². The van der Waals surface area contributed by atoms with E-state index in [1.165, 1.54) is 9.47 Å². The highest BCUT2D eigenvalue weighted by atomic mass is 35.5. The van der Waals surface area contributed by atoms with Crippen LogP contribution in [0.3, 0.4) is 0 Å². The molecule has 0 atom stereocenters. The monoisotopic (exact) mass is 309 g/mol. The maximum absolute atomic E-state index is 11.7. The van der Waals surface area contributed by atoms with Crippen molar-refractivity contribution < 1.29 is 9.32 Å². The number of halogens is 1. The van der Waals surface area contributed by atoms with Gasteiger partial charge in [-0.2, -0.15) is 0 Å². The van der Waals surface area contributed by atoms with E-state index in [0.717, 1.165) is 0 Å². The number of carbonyl (C=O) groups excluding carboxylic acids is 1. The Hall–Kier alpha value is -2.08. The Morgan fingerprint density at radius 1 is 1.38 bits per heavy atom. The number of hydrogen-bond donors (Lipinski definition) is 0. The van der Waals surface area contributed by atoms with Crippen LogP contribution in [0.5, 0.6) is 0 Å². The SMILES string of the molecule is CN(C)C(=O)CCCn1c(-c2ccccc2Cl)noc1=O. The molecule has 1 amide bonds. The van der Waals surface area contributed by atoms with Gasteiger partial charge in [-0.3, -0.25) is 13.9 Å². The van der Waals surface area contributed by atoms with Crippen LogP contribution < -0.4 is 5.76 Å². The summed E-state index contributed by atoms with van der Waals surface area (Å²) in [6, 6.07) is 7.08. The minimum Gasteiger partial charge on any atom is -0.349 e. The van der Waals surface area contributed by atoms with Crippen LogP contribution in [0.15, 0.2) is 33.6 Å². The van der Waals surface area contributed by atoms with Crippen molar-refractivity contribution in [2.75, 3.05) is 14.1 Å². The molecular weight excluding hydrogens is 294 g/mol. The van der Waals surface area contributed by atoms with E-state index in [4.69, 9.17) is 16.1 Å². The summed E-state index contributed by atoms with van der Waals surface area (Å²) in [6.45, 7) is 0.350. The Kier molecular flexibility index (Phi) is 4.80. The zero-order valence-electron chi connectivity index (χ0n) is 11.9. The second-order valence-corrected chi connectivity index (χ2v) is 5.20. The summed E-state index contributed by atoms with van der Waals surface area (Å²) in [5.41, 5.74) is 0.629. The smallest absolute Gasteiger partial charge is 0.349 e. The van der Waals surface area contributed by atoms with Gasteiger partial charge in [-0.1, -0.05) is 28.9 Å². The van der Waals surface area contributed by atoms with Crippen molar-refractivity contribution >= 4 is 17.5 Å². The number of hydrogen-bond acceptors (Lipinski definition) is 4. The summed E-state index contributed by atoms with van der Waals surface area (Å²) in [5.74, 6) is -0.163. The number of benzene rings is 1. The van der Waals surface area contributed by atoms with Gasteiger partial charge < -0.3 is 4.90 Å². The van der Waals surface area contributed by atoms with Gasteiger partial charge in [0, 0.05) is 32.6 Å². The van der Waals surface area contributed by atoms with Crippen LogP contribution in [-0.4, -0.2) is 34.6 Å². The molecular formula is C14H16ClN3O3. The van der Waals surface area contributed by atoms with E-state index < -0.39 is 5.76 Å². The Morgan fingerprint density at radius 2 is 2.10 bits per heavy atom. The fraction of sp³-hybridized carbons (Fsp3) is 0.357. The Bertz CT molecular complexity index is 691. The van der Waals surface area contributed by atoms with Gasteiger partial charge in [0.25, 0.3) is 0 Å². The first-order valence-corrected chi connectivity index (χ1v) is 6.90. The molecule has 0 aliphatic rings. The molecule has 112 valence electrons. The Morgan fingerprint density at radius 3 is 2.76 bits per heavy atom. The van der Waals surface area contributed by atoms with Crippen LogP contribution in [0.4, 0.5) is 0 Å². The second-order valence-electron chi connectivity index (χ2n) is 4.80. The fourth-order valence-corrected chi connectivity index (χ4v) is 2.13. The maximum atomic E-state index is 11.7. The average molecular weight is 310 g/mol. The minimum absolute atomic E-state index is 0.0128. The van der Waals surface area contributed by atoms with E-state index in [1.54, 1.807) is 38.4 Å². The lowest BCUT2D eigenvalue weighted by molar-refractivity contribution is -0.128. The van der Waals surface area contributed by atoms with Crippen LogP contribution in [-0.2, 0) is 11.3 Å². The quantitative estimate of drug-likeness (QED) is 0.847. The molecule has 7 heteroatoms. The minimum atomic E-state index is -0.553. The third-order valence-electron chi connectivity index (χ3n) is 3.07. The normalized spacial score (nSPS) is 10.6. The van der Waals surface area contributed by atoms with Crippen LogP contribution in [0.1, 0.15) is 12.8 Å². The first-order chi connectivity index (χ1) is 10.0. The average Bonchev–Trinajstić information content (AvgIpc) is 2.80. The van der Waals surface area contributed by atoms with Gasteiger partial charge in [-0.15, -0.1) is 0 Å². The van der Waals surface area contributed by atoms with E-state index in [1.807, 2.05) is 0 Å². The van der Waals surface area contributed by atoms with Gasteiger partial charge in [0.2, 0.25) is 5.91 Å². The molecule has 2 aromatic rings. The molecule has 1 aromatic carbocycles. The molecule has 0 saturated heterocycles. The lowest BCUT2D eigenvalue weighted by Crippen LogP contribution is -2.22. The zero-order valence-corrected chi connectivity index (χ0v) is 12.6. The van der Waals surface area contributed by atoms with Crippen LogP contribution >= 0.6 is 11.6 Å². The summed E-state index contributed by atoms with van der Waals surface area (Å²) in [7, 11) is 3.40. The molecule has 21 heavy (non-hydrogen) atoms. The molecule has 1 heterocycles. The van der Waals surface area contributed by atoms with E-state index >= 15 is 0 Å². The first-order valence-electron chi connectivity index (χ1n) is 6.52. The van der Waals surface area contributed by atoms with Gasteiger partial charge in [0.15, 0.2) is 5.82 Å². The number of carbonyl (C=O) groups is 1. The standard InChI is InChI=1S/C14H16ClN3O3/c1-17(2)12(19)8-5-9-18-13(16-21-14(18)20)10-6-3-4-7-11(10)15/h3-4,6-7H,5,8-9H2,1-2H3. The first kappa shape index (κ1) is 15.3. The summed E-state index contributed by atoms with van der Waals surface area (Å²) in [4.78, 5) is 24.8. The molecule has 0 unspecified atom stereocenters. The molecule has 0 aliphatic heterocycles. The van der Waals surface area contributed by atoms with Gasteiger partial charge >= 0.3 is 5.76 Å². The highest BCUT2D eigenvalue weighted by molar-refractivity contribution is 6.33. The van der Waals surface area contributed by atoms with E-state index in [0.29, 0.717) is 35.8 Å². The molecule has 2 rings (SSSR count). The Labute approximate surface area is 126 Å². The van der Waals surface area contributed by atoms with E-state index in [2.05, 4.69) is 5.16 Å². The lowest BCUT2D eigenvalue weighted by Gasteiger charge is -2.10. The van der Waals surface area contributed by atoms with Crippen LogP contribution in [0.2, 0.25) is 5.02 Å². The van der Waals surface area contributed by atoms with Gasteiger partial charge in [0.1, 0.15) is 0 Å². The van der Waals surface area contributed by atoms with Gasteiger partial charge in [-0.05, 0) is 18.6 Å². The summed E-state index contributed by atoms with van der Waals surface area (Å²) < 4.78 is 6.11. The van der Waals surface area contributed by atoms with Crippen molar-refractivity contribution in [3.63, 3.8) is 0 Å². The highest BCUT2D eigenvalue weighted by Crippen LogP contribution is 2.25. The van der Waals surface area contributed by atoms with Crippen LogP contribution in [0.25, 0.3) is 11.4 Å². The number of nitrogens with zero attached hydrogens (tertiary/aromatic N) is 3. The number of aromatic nitrogens is 2. The van der Waals surface area contributed by atoms with Crippen molar-refractivity contribution in [3.05, 3.63) is 39.8 Å². The van der Waals surface area contributed by atoms with Crippen molar-refractivity contribution in [1.82, 2.24) is 14.6 Å². The van der Waals surface area contributed by atoms with Gasteiger partial charge in [-0.25, -0.2) is 4.79 Å². The van der Waals surface area contributed by atoms with Crippen molar-refractivity contribution in [2.45, 2.75) is 19.4 Å². The molecule has 0 N–H and O–H groups in total. The lowest BCUT2D eigenvalue weighted by atomic mass is 10.2. The zero-order chi connectivity index (χ0) is 15.4. The molecule has 0 aliphatic carbocycles. The highest BCUT2D eigenvalue weighted by Gasteiger charge is 2.15. The molecule has 0 saturated carbocycles. The third-order valence-corrected chi connectivity index (χ3v) is 3.40. The van der Waals surface area contributed by atoms with Gasteiger partial charge in [0.05, 0.1) is 5.02 Å². The molecule has 6 nitrogen and oxygen atoms in total. The van der Waals surface area contributed by atoms with E-state index in [-0.39, 0.29) is 5.91 Å². The summed E-state index contributed by atoms with van der Waals surface area (Å²) in [6.07, 6.45) is 0.877. The van der Waals surface area contributed by atoms with Crippen molar-refractivity contribution in [3.8, 4) is 11.4 Å². The molecule has 1 aromatic heterocycles. The summed E-state index contributed by atoms with van der Waals surface area (Å²) >= 11 is 6.11. The van der Waals surface area contributed by atoms with Crippen LogP contribution in [0, 0.1) is 0 Å². The molecule has 0 spiro atoms. The number of rotatable bonds is 5. The van der Waals surface area contributed by atoms with E-state index in [9.17, 15) is 9.59 Å². The largest absolute Gasteiger partial charge is 0.441 e. The third kappa shape index (κ3) is 3.52. The number of amides is 1. The molecule has 0 radical (unpaired) electrons. The second kappa shape index (κ2) is 6.58. The molecule has 0 fully saturated rings. The predicted octanol–water partition coefficient (Wildman–Crippen LogP) is 2.03. The maximum Gasteiger partial charge on any atom is 0.441 e. The summed E-state index contributed by atoms with van der Waals surface area (Å²) in [5, 5.41) is 4.27. The Balaban J connectivity index is 2.18.